The van der Waals surface area contributed by atoms with Gasteiger partial charge in [-0.3, -0.25) is 9.48 Å². The van der Waals surface area contributed by atoms with Gasteiger partial charge in [-0.25, -0.2) is 0 Å². The van der Waals surface area contributed by atoms with Crippen molar-refractivity contribution in [2.24, 2.45) is 7.05 Å². The normalized spacial score (nSPS) is 16.3. The minimum absolute atomic E-state index is 0.00887. The van der Waals surface area contributed by atoms with Gasteiger partial charge in [0.2, 0.25) is 0 Å². The van der Waals surface area contributed by atoms with Crippen LogP contribution in [0.4, 0.5) is 0 Å². The van der Waals surface area contributed by atoms with Gasteiger partial charge in [0.1, 0.15) is 0 Å². The van der Waals surface area contributed by atoms with Crippen LogP contribution >= 0.6 is 0 Å². The zero-order chi connectivity index (χ0) is 19.2. The van der Waals surface area contributed by atoms with Crippen LogP contribution in [0.3, 0.4) is 0 Å². The van der Waals surface area contributed by atoms with E-state index in [-0.39, 0.29) is 17.1 Å². The van der Waals surface area contributed by atoms with Crippen LogP contribution in [0, 0.1) is 0 Å². The van der Waals surface area contributed by atoms with E-state index in [0.717, 1.165) is 24.0 Å². The summed E-state index contributed by atoms with van der Waals surface area (Å²) in [7, 11) is 7.96. The molecule has 1 aromatic carbocycles. The molecule has 3 aromatic rings. The Bertz CT molecular complexity index is 1010. The minimum Gasteiger partial charge on any atom is -0.345 e. The van der Waals surface area contributed by atoms with Crippen LogP contribution in [0.5, 0.6) is 0 Å². The first-order chi connectivity index (χ1) is 12.8. The molecule has 1 atom stereocenters. The van der Waals surface area contributed by atoms with Crippen LogP contribution in [0.15, 0.2) is 35.1 Å². The van der Waals surface area contributed by atoms with Gasteiger partial charge in [-0.1, -0.05) is 16.3 Å². The number of aromatic nitrogens is 4. The van der Waals surface area contributed by atoms with E-state index in [1.807, 2.05) is 12.1 Å². The molecular formula is C17H20B3N5O2. The number of hydrogen-bond donors (Lipinski definition) is 1. The summed E-state index contributed by atoms with van der Waals surface area (Å²) < 4.78 is 7.07. The summed E-state index contributed by atoms with van der Waals surface area (Å²) in [5, 5.41) is 11.1. The molecule has 1 N–H and O–H groups in total. The van der Waals surface area contributed by atoms with Gasteiger partial charge < -0.3 is 9.84 Å². The average Bonchev–Trinajstić information content (AvgIpc) is 3.33. The van der Waals surface area contributed by atoms with E-state index < -0.39 is 0 Å². The summed E-state index contributed by atoms with van der Waals surface area (Å²) in [6.07, 6.45) is 5.08. The number of hydrogen-bond acceptors (Lipinski definition) is 5. The number of fused-ring (bicyclic) bond motifs is 1. The lowest BCUT2D eigenvalue weighted by Gasteiger charge is -2.13. The molecule has 0 saturated heterocycles. The lowest BCUT2D eigenvalue weighted by Crippen LogP contribution is -2.28. The van der Waals surface area contributed by atoms with E-state index >= 15 is 0 Å². The number of carbonyl (C=O) groups excluding carboxylic acids is 1. The molecule has 0 fully saturated rings. The first-order valence-corrected chi connectivity index (χ1v) is 9.08. The molecule has 2 heterocycles. The molecule has 4 rings (SSSR count). The molecule has 1 aliphatic carbocycles. The molecule has 0 saturated carbocycles. The van der Waals surface area contributed by atoms with Crippen LogP contribution in [0.1, 0.15) is 39.8 Å². The molecule has 1 amide bonds. The standard InChI is InChI=1S/C17H20B3N5O2/c1-25-8-11(7-21-25)14(26)22-13-5-3-9-6-10(2-4-12(9)13)15-23-16(24-27-15)17(18,19)20/h2,4,6-8,13H,3,5,18-20H2,1H3,(H,22,26)/t13-/m1/s1. The number of rotatable bonds is 4. The molecule has 0 unspecified atom stereocenters. The highest BCUT2D eigenvalue weighted by Gasteiger charge is 2.26. The summed E-state index contributed by atoms with van der Waals surface area (Å²) >= 11 is 0. The average molecular weight is 359 g/mol. The predicted molar refractivity (Wildman–Crippen MR) is 109 cm³/mol. The van der Waals surface area contributed by atoms with Gasteiger partial charge in [-0.05, 0) is 36.1 Å². The maximum Gasteiger partial charge on any atom is 0.257 e. The maximum atomic E-state index is 12.4. The van der Waals surface area contributed by atoms with Crippen molar-refractivity contribution in [3.63, 3.8) is 0 Å². The summed E-state index contributed by atoms with van der Waals surface area (Å²) in [5.41, 5.74) is 3.84. The van der Waals surface area contributed by atoms with Crippen LogP contribution in [-0.2, 0) is 18.6 Å². The van der Waals surface area contributed by atoms with E-state index in [1.54, 1.807) is 24.1 Å². The van der Waals surface area contributed by atoms with Crippen molar-refractivity contribution in [3.05, 3.63) is 53.1 Å². The SMILES string of the molecule is BC(B)(B)c1noc(-c2ccc3c(c2)CC[C@H]3NC(=O)c2cnn(C)c2)n1. The second kappa shape index (κ2) is 6.44. The highest BCUT2D eigenvalue weighted by Crippen LogP contribution is 2.34. The maximum absolute atomic E-state index is 12.4. The number of amides is 1. The Labute approximate surface area is 160 Å². The largest absolute Gasteiger partial charge is 0.345 e. The Morgan fingerprint density at radius 1 is 1.37 bits per heavy atom. The second-order valence-corrected chi connectivity index (χ2v) is 8.05. The summed E-state index contributed by atoms with van der Waals surface area (Å²) in [6.45, 7) is 0. The predicted octanol–water partition coefficient (Wildman–Crippen LogP) is -1.10. The lowest BCUT2D eigenvalue weighted by molar-refractivity contribution is 0.0936. The molecule has 134 valence electrons. The third-order valence-corrected chi connectivity index (χ3v) is 4.84. The van der Waals surface area contributed by atoms with Gasteiger partial charge in [0, 0.05) is 18.8 Å². The van der Waals surface area contributed by atoms with Gasteiger partial charge in [0.05, 0.1) is 41.3 Å². The molecule has 0 radical (unpaired) electrons. The van der Waals surface area contributed by atoms with Crippen LogP contribution in [0.2, 0.25) is 0 Å². The Balaban J connectivity index is 1.54. The quantitative estimate of drug-likeness (QED) is 0.598. The van der Waals surface area contributed by atoms with Crippen molar-refractivity contribution in [1.29, 1.82) is 0 Å². The lowest BCUT2D eigenvalue weighted by atomic mass is 9.42. The zero-order valence-electron chi connectivity index (χ0n) is 16.0. The molecule has 10 heteroatoms. The molecule has 0 bridgehead atoms. The molecule has 2 aromatic heterocycles. The van der Waals surface area contributed by atoms with E-state index in [0.29, 0.717) is 17.3 Å². The monoisotopic (exact) mass is 359 g/mol. The fourth-order valence-corrected chi connectivity index (χ4v) is 3.33. The summed E-state index contributed by atoms with van der Waals surface area (Å²) in [4.78, 5) is 16.9. The highest BCUT2D eigenvalue weighted by molar-refractivity contribution is 6.58. The van der Waals surface area contributed by atoms with Crippen molar-refractivity contribution in [2.45, 2.75) is 24.0 Å². The molecule has 7 nitrogen and oxygen atoms in total. The van der Waals surface area contributed by atoms with Crippen molar-refractivity contribution in [1.82, 2.24) is 25.2 Å². The van der Waals surface area contributed by atoms with Crippen LogP contribution in [0.25, 0.3) is 11.5 Å². The first-order valence-electron chi connectivity index (χ1n) is 9.08. The van der Waals surface area contributed by atoms with E-state index in [4.69, 9.17) is 4.52 Å². The topological polar surface area (TPSA) is 85.8 Å². The second-order valence-electron chi connectivity index (χ2n) is 8.05. The summed E-state index contributed by atoms with van der Waals surface area (Å²) in [6, 6.07) is 6.13. The number of nitrogens with one attached hydrogen (secondary N) is 1. The van der Waals surface area contributed by atoms with Gasteiger partial charge in [0.25, 0.3) is 11.8 Å². The van der Waals surface area contributed by atoms with Gasteiger partial charge in [0.15, 0.2) is 5.82 Å². The molecule has 0 aliphatic heterocycles. The van der Waals surface area contributed by atoms with E-state index in [1.165, 1.54) is 5.56 Å². The molecule has 0 spiro atoms. The van der Waals surface area contributed by atoms with Gasteiger partial charge >= 0.3 is 0 Å². The van der Waals surface area contributed by atoms with Crippen molar-refractivity contribution < 1.29 is 9.32 Å². The Kier molecular flexibility index (Phi) is 4.21. The van der Waals surface area contributed by atoms with Crippen LogP contribution in [-0.4, -0.2) is 49.4 Å². The van der Waals surface area contributed by atoms with E-state index in [9.17, 15) is 4.79 Å². The van der Waals surface area contributed by atoms with Crippen molar-refractivity contribution in [2.75, 3.05) is 0 Å². The fraction of sp³-hybridized carbons (Fsp3) is 0.294. The molecule has 1 aliphatic rings. The Morgan fingerprint density at radius 3 is 2.85 bits per heavy atom. The number of carbonyl (C=O) groups is 1. The third-order valence-electron chi connectivity index (χ3n) is 4.84. The number of aryl methyl sites for hydroxylation is 2. The Hall–Kier alpha value is -2.77. The minimum atomic E-state index is -0.153. The Morgan fingerprint density at radius 2 is 2.19 bits per heavy atom. The van der Waals surface area contributed by atoms with E-state index in [2.05, 4.69) is 50.2 Å². The zero-order valence-corrected chi connectivity index (χ0v) is 16.0. The van der Waals surface area contributed by atoms with Gasteiger partial charge in [-0.2, -0.15) is 10.1 Å². The van der Waals surface area contributed by atoms with Crippen molar-refractivity contribution >= 4 is 29.4 Å². The smallest absolute Gasteiger partial charge is 0.257 e. The highest BCUT2D eigenvalue weighted by atomic mass is 16.5. The number of nitrogens with zero attached hydrogens (tertiary/aromatic N) is 4. The van der Waals surface area contributed by atoms with Gasteiger partial charge in [-0.15, -0.1) is 0 Å². The number of benzene rings is 1. The fourth-order valence-electron chi connectivity index (χ4n) is 3.33. The van der Waals surface area contributed by atoms with Crippen LogP contribution < -0.4 is 5.32 Å². The molecular weight excluding hydrogens is 339 g/mol. The first kappa shape index (κ1) is 17.6. The third kappa shape index (κ3) is 3.43. The van der Waals surface area contributed by atoms with Crippen molar-refractivity contribution in [3.8, 4) is 11.5 Å². The summed E-state index contributed by atoms with van der Waals surface area (Å²) in [5.74, 6) is 1.13. The molecule has 27 heavy (non-hydrogen) atoms.